The van der Waals surface area contributed by atoms with E-state index in [0.717, 1.165) is 5.56 Å². The van der Waals surface area contributed by atoms with Gasteiger partial charge in [0.15, 0.2) is 5.96 Å². The Morgan fingerprint density at radius 3 is 2.41 bits per heavy atom. The first kappa shape index (κ1) is 18.3. The number of guanidine groups is 1. The molecule has 0 spiro atoms. The molecule has 0 radical (unpaired) electrons. The van der Waals surface area contributed by atoms with Crippen LogP contribution in [0.5, 0.6) is 0 Å². The zero-order chi connectivity index (χ0) is 16.8. The third-order valence-electron chi connectivity index (χ3n) is 2.77. The van der Waals surface area contributed by atoms with E-state index in [1.807, 2.05) is 52.0 Å². The maximum absolute atomic E-state index is 11.7. The summed E-state index contributed by atoms with van der Waals surface area (Å²) in [5.74, 6) is 0.211. The smallest absolute Gasteiger partial charge is 0.325 e. The zero-order valence-electron chi connectivity index (χ0n) is 13.7. The van der Waals surface area contributed by atoms with Gasteiger partial charge in [0.05, 0.1) is 6.04 Å². The van der Waals surface area contributed by atoms with Crippen LogP contribution in [0.1, 0.15) is 39.3 Å². The van der Waals surface area contributed by atoms with Crippen LogP contribution in [0.3, 0.4) is 0 Å². The zero-order valence-corrected chi connectivity index (χ0v) is 14.5. The molecule has 1 aromatic carbocycles. The number of esters is 1. The van der Waals surface area contributed by atoms with E-state index in [1.54, 1.807) is 7.05 Å². The van der Waals surface area contributed by atoms with Crippen LogP contribution in [-0.2, 0) is 9.53 Å². The Labute approximate surface area is 137 Å². The van der Waals surface area contributed by atoms with Crippen LogP contribution >= 0.6 is 11.6 Å². The molecule has 0 saturated carbocycles. The molecule has 1 rings (SSSR count). The van der Waals surface area contributed by atoms with Gasteiger partial charge in [-0.1, -0.05) is 23.7 Å². The molecule has 1 atom stereocenters. The first-order valence-electron chi connectivity index (χ1n) is 7.16. The van der Waals surface area contributed by atoms with Crippen molar-refractivity contribution in [3.63, 3.8) is 0 Å². The number of nitrogens with one attached hydrogen (secondary N) is 2. The van der Waals surface area contributed by atoms with E-state index in [-0.39, 0.29) is 18.6 Å². The summed E-state index contributed by atoms with van der Waals surface area (Å²) in [5, 5.41) is 6.85. The Morgan fingerprint density at radius 2 is 1.91 bits per heavy atom. The maximum atomic E-state index is 11.7. The van der Waals surface area contributed by atoms with Crippen molar-refractivity contribution in [1.82, 2.24) is 10.6 Å². The largest absolute Gasteiger partial charge is 0.459 e. The Balaban J connectivity index is 2.52. The van der Waals surface area contributed by atoms with E-state index in [2.05, 4.69) is 15.6 Å². The summed E-state index contributed by atoms with van der Waals surface area (Å²) < 4.78 is 5.24. The summed E-state index contributed by atoms with van der Waals surface area (Å²) >= 11 is 5.88. The molecule has 1 aromatic rings. The van der Waals surface area contributed by atoms with Crippen LogP contribution < -0.4 is 10.6 Å². The second-order valence-electron chi connectivity index (χ2n) is 5.93. The van der Waals surface area contributed by atoms with Crippen LogP contribution in [0.15, 0.2) is 29.3 Å². The Hall–Kier alpha value is -1.75. The van der Waals surface area contributed by atoms with Crippen molar-refractivity contribution in [2.24, 2.45) is 4.99 Å². The van der Waals surface area contributed by atoms with Crippen LogP contribution in [-0.4, -0.2) is 31.1 Å². The fraction of sp³-hybridized carbons (Fsp3) is 0.500. The third kappa shape index (κ3) is 6.80. The van der Waals surface area contributed by atoms with E-state index in [4.69, 9.17) is 16.3 Å². The lowest BCUT2D eigenvalue weighted by Crippen LogP contribution is -2.42. The molecule has 0 aliphatic rings. The highest BCUT2D eigenvalue weighted by atomic mass is 35.5. The van der Waals surface area contributed by atoms with E-state index in [0.29, 0.717) is 11.0 Å². The van der Waals surface area contributed by atoms with E-state index < -0.39 is 5.60 Å². The molecule has 1 unspecified atom stereocenters. The molecule has 2 N–H and O–H groups in total. The normalized spacial score (nSPS) is 13.5. The summed E-state index contributed by atoms with van der Waals surface area (Å²) in [6.07, 6.45) is 0. The summed E-state index contributed by atoms with van der Waals surface area (Å²) in [7, 11) is 1.65. The predicted octanol–water partition coefficient (Wildman–Crippen LogP) is 2.91. The molecule has 0 fully saturated rings. The Kier molecular flexibility index (Phi) is 6.68. The van der Waals surface area contributed by atoms with Gasteiger partial charge in [0.2, 0.25) is 0 Å². The van der Waals surface area contributed by atoms with Crippen molar-refractivity contribution in [2.75, 3.05) is 13.6 Å². The average Bonchev–Trinajstić information content (AvgIpc) is 2.42. The highest BCUT2D eigenvalue weighted by molar-refractivity contribution is 6.30. The predicted molar refractivity (Wildman–Crippen MR) is 90.2 cm³/mol. The molecular weight excluding hydrogens is 302 g/mol. The van der Waals surface area contributed by atoms with Crippen molar-refractivity contribution >= 4 is 23.5 Å². The number of carbonyl (C=O) groups is 1. The van der Waals surface area contributed by atoms with Gasteiger partial charge < -0.3 is 15.4 Å². The van der Waals surface area contributed by atoms with Gasteiger partial charge in [-0.15, -0.1) is 0 Å². The highest BCUT2D eigenvalue weighted by Gasteiger charge is 2.16. The summed E-state index contributed by atoms with van der Waals surface area (Å²) in [6, 6.07) is 7.60. The lowest BCUT2D eigenvalue weighted by atomic mass is 10.1. The van der Waals surface area contributed by atoms with E-state index in [1.165, 1.54) is 0 Å². The number of halogens is 1. The van der Waals surface area contributed by atoms with Gasteiger partial charge in [-0.05, 0) is 45.4 Å². The molecule has 0 aromatic heterocycles. The van der Waals surface area contributed by atoms with Gasteiger partial charge >= 0.3 is 5.97 Å². The fourth-order valence-corrected chi connectivity index (χ4v) is 1.89. The molecule has 0 heterocycles. The van der Waals surface area contributed by atoms with Crippen molar-refractivity contribution in [3.8, 4) is 0 Å². The summed E-state index contributed by atoms with van der Waals surface area (Å²) in [4.78, 5) is 15.8. The summed E-state index contributed by atoms with van der Waals surface area (Å²) in [6.45, 7) is 7.57. The number of benzene rings is 1. The lowest BCUT2D eigenvalue weighted by molar-refractivity contribution is -0.153. The van der Waals surface area contributed by atoms with Crippen LogP contribution in [0.4, 0.5) is 0 Å². The monoisotopic (exact) mass is 325 g/mol. The van der Waals surface area contributed by atoms with Gasteiger partial charge in [-0.3, -0.25) is 9.79 Å². The Morgan fingerprint density at radius 1 is 1.32 bits per heavy atom. The molecule has 5 nitrogen and oxygen atoms in total. The van der Waals surface area contributed by atoms with Gasteiger partial charge in [0.1, 0.15) is 12.1 Å². The second-order valence-corrected chi connectivity index (χ2v) is 6.37. The molecule has 0 amide bonds. The number of rotatable bonds is 4. The van der Waals surface area contributed by atoms with Crippen molar-refractivity contribution in [3.05, 3.63) is 34.9 Å². The van der Waals surface area contributed by atoms with Crippen LogP contribution in [0.25, 0.3) is 0 Å². The third-order valence-corrected chi connectivity index (χ3v) is 3.02. The molecule has 0 aliphatic carbocycles. The molecule has 0 saturated heterocycles. The molecule has 0 aliphatic heterocycles. The molecular formula is C16H24ClN3O2. The Bertz CT molecular complexity index is 521. The summed E-state index contributed by atoms with van der Waals surface area (Å²) in [5.41, 5.74) is 0.580. The van der Waals surface area contributed by atoms with Crippen molar-refractivity contribution < 1.29 is 9.53 Å². The number of aliphatic imine (C=N–C) groups is 1. The van der Waals surface area contributed by atoms with Gasteiger partial charge in [0.25, 0.3) is 0 Å². The molecule has 122 valence electrons. The number of hydrogen-bond acceptors (Lipinski definition) is 3. The molecule has 0 bridgehead atoms. The van der Waals surface area contributed by atoms with E-state index >= 15 is 0 Å². The minimum absolute atomic E-state index is 0.0297. The second kappa shape index (κ2) is 8.03. The number of nitrogens with zero attached hydrogens (tertiary/aromatic N) is 1. The first-order chi connectivity index (χ1) is 10.2. The van der Waals surface area contributed by atoms with Gasteiger partial charge in [-0.25, -0.2) is 0 Å². The topological polar surface area (TPSA) is 62.7 Å². The number of hydrogen-bond donors (Lipinski definition) is 2. The highest BCUT2D eigenvalue weighted by Crippen LogP contribution is 2.15. The van der Waals surface area contributed by atoms with E-state index in [9.17, 15) is 4.79 Å². The van der Waals surface area contributed by atoms with Crippen molar-refractivity contribution in [1.29, 1.82) is 0 Å². The average molecular weight is 326 g/mol. The molecule has 6 heteroatoms. The quantitative estimate of drug-likeness (QED) is 0.507. The van der Waals surface area contributed by atoms with Crippen molar-refractivity contribution in [2.45, 2.75) is 39.3 Å². The molecule has 22 heavy (non-hydrogen) atoms. The van der Waals surface area contributed by atoms with Crippen LogP contribution in [0.2, 0.25) is 5.02 Å². The number of carbonyl (C=O) groups excluding carboxylic acids is 1. The fourth-order valence-electron chi connectivity index (χ4n) is 1.77. The van der Waals surface area contributed by atoms with Gasteiger partial charge in [0, 0.05) is 12.1 Å². The maximum Gasteiger partial charge on any atom is 0.325 e. The standard InChI is InChI=1S/C16H24ClN3O2/c1-11(12-6-8-13(17)9-7-12)20-15(18-5)19-10-14(21)22-16(2,3)4/h6-9,11H,10H2,1-5H3,(H2,18,19,20). The van der Waals surface area contributed by atoms with Crippen LogP contribution in [0, 0.1) is 0 Å². The SMILES string of the molecule is CN=C(NCC(=O)OC(C)(C)C)NC(C)c1ccc(Cl)cc1. The number of ether oxygens (including phenoxy) is 1. The minimum atomic E-state index is -0.494. The first-order valence-corrected chi connectivity index (χ1v) is 7.53. The minimum Gasteiger partial charge on any atom is -0.459 e. The van der Waals surface area contributed by atoms with Gasteiger partial charge in [-0.2, -0.15) is 0 Å². The lowest BCUT2D eigenvalue weighted by Gasteiger charge is -2.21.